The van der Waals surface area contributed by atoms with E-state index in [0.29, 0.717) is 40.6 Å². The molecule has 0 spiro atoms. The molecule has 0 amide bonds. The Labute approximate surface area is 170 Å². The highest BCUT2D eigenvalue weighted by molar-refractivity contribution is 9.10. The summed E-state index contributed by atoms with van der Waals surface area (Å²) in [6, 6.07) is 15.3. The van der Waals surface area contributed by atoms with E-state index < -0.39 is 0 Å². The van der Waals surface area contributed by atoms with E-state index in [2.05, 4.69) is 31.3 Å². The van der Waals surface area contributed by atoms with E-state index in [1.54, 1.807) is 16.8 Å². The van der Waals surface area contributed by atoms with Crippen LogP contribution in [0.4, 0.5) is 5.69 Å². The zero-order valence-corrected chi connectivity index (χ0v) is 17.1. The highest BCUT2D eigenvalue weighted by atomic mass is 79.9. The summed E-state index contributed by atoms with van der Waals surface area (Å²) in [5.41, 5.74) is 0.876. The Morgan fingerprint density at radius 2 is 1.88 bits per heavy atom. The fraction of sp³-hybridized carbons (Fsp3) is 0.167. The van der Waals surface area contributed by atoms with Gasteiger partial charge >= 0.3 is 6.01 Å². The van der Waals surface area contributed by atoms with Crippen LogP contribution in [0.3, 0.4) is 0 Å². The van der Waals surface area contributed by atoms with Crippen molar-refractivity contribution in [2.45, 2.75) is 19.9 Å². The highest BCUT2D eigenvalue weighted by Gasteiger charge is 2.13. The lowest BCUT2D eigenvalue weighted by Crippen LogP contribution is -2.13. The van der Waals surface area contributed by atoms with E-state index in [4.69, 9.17) is 28.6 Å². The van der Waals surface area contributed by atoms with E-state index in [1.807, 2.05) is 43.3 Å². The van der Waals surface area contributed by atoms with Gasteiger partial charge in [-0.25, -0.2) is 4.68 Å². The van der Waals surface area contributed by atoms with Crippen molar-refractivity contribution in [3.05, 3.63) is 63.9 Å². The lowest BCUT2D eigenvalue weighted by atomic mass is 10.3. The van der Waals surface area contributed by atoms with Crippen LogP contribution in [-0.2, 0) is 13.0 Å². The summed E-state index contributed by atoms with van der Waals surface area (Å²) in [4.78, 5) is 5.08. The number of benzene rings is 2. The average Bonchev–Trinajstić information content (AvgIpc) is 3.00. The van der Waals surface area contributed by atoms with Crippen molar-refractivity contribution < 1.29 is 4.74 Å². The van der Waals surface area contributed by atoms with Crippen LogP contribution in [0.1, 0.15) is 12.7 Å². The summed E-state index contributed by atoms with van der Waals surface area (Å²) in [5.74, 6) is 1.30. The molecular formula is C18H16BrClN4OS. The molecule has 0 aliphatic rings. The Hall–Kier alpha value is -1.96. The topological polar surface area (TPSA) is 52.0 Å². The molecule has 134 valence electrons. The van der Waals surface area contributed by atoms with Crippen LogP contribution in [-0.4, -0.2) is 19.8 Å². The third-order valence-electron chi connectivity index (χ3n) is 3.45. The van der Waals surface area contributed by atoms with Gasteiger partial charge in [0.25, 0.3) is 0 Å². The Morgan fingerprint density at radius 1 is 1.19 bits per heavy atom. The van der Waals surface area contributed by atoms with E-state index in [1.165, 1.54) is 0 Å². The number of aryl methyl sites for hydroxylation is 1. The van der Waals surface area contributed by atoms with Crippen LogP contribution in [0.25, 0.3) is 0 Å². The minimum absolute atomic E-state index is 0.418. The number of anilines is 1. The minimum atomic E-state index is 0.418. The van der Waals surface area contributed by atoms with Gasteiger partial charge in [-0.3, -0.25) is 0 Å². The molecule has 0 aliphatic heterocycles. The zero-order chi connectivity index (χ0) is 18.5. The molecule has 2 aromatic carbocycles. The van der Waals surface area contributed by atoms with Crippen molar-refractivity contribution in [1.82, 2.24) is 14.8 Å². The smallest absolute Gasteiger partial charge is 0.320 e. The fourth-order valence-corrected chi connectivity index (χ4v) is 2.86. The molecule has 0 aliphatic carbocycles. The lowest BCUT2D eigenvalue weighted by Gasteiger charge is -2.05. The molecule has 0 bridgehead atoms. The number of aromatic nitrogens is 3. The summed E-state index contributed by atoms with van der Waals surface area (Å²) < 4.78 is 8.54. The summed E-state index contributed by atoms with van der Waals surface area (Å²) in [7, 11) is 0. The molecule has 8 heteroatoms. The van der Waals surface area contributed by atoms with Crippen LogP contribution in [0, 0.1) is 0 Å². The van der Waals surface area contributed by atoms with E-state index >= 15 is 0 Å². The van der Waals surface area contributed by atoms with Gasteiger partial charge in [0.05, 0.1) is 11.4 Å². The maximum atomic E-state index is 5.89. The number of nitrogens with zero attached hydrogens (tertiary/aromatic N) is 3. The Bertz CT molecular complexity index is 897. The van der Waals surface area contributed by atoms with Crippen molar-refractivity contribution in [2.75, 3.05) is 5.32 Å². The van der Waals surface area contributed by atoms with Gasteiger partial charge < -0.3 is 10.1 Å². The van der Waals surface area contributed by atoms with Gasteiger partial charge in [-0.1, -0.05) is 39.7 Å². The Kier molecular flexibility index (Phi) is 6.24. The van der Waals surface area contributed by atoms with E-state index in [9.17, 15) is 0 Å². The average molecular weight is 452 g/mol. The number of halogens is 2. The number of hydrogen-bond acceptors (Lipinski definition) is 4. The summed E-state index contributed by atoms with van der Waals surface area (Å²) in [6.07, 6.45) is 0.418. The third-order valence-corrected chi connectivity index (χ3v) is 4.48. The van der Waals surface area contributed by atoms with Gasteiger partial charge in [-0.2, -0.15) is 10.1 Å². The molecule has 0 saturated carbocycles. The van der Waals surface area contributed by atoms with Gasteiger partial charge in [0, 0.05) is 21.7 Å². The van der Waals surface area contributed by atoms with Crippen LogP contribution >= 0.6 is 39.7 Å². The normalized spacial score (nSPS) is 10.6. The molecule has 5 nitrogen and oxygen atoms in total. The van der Waals surface area contributed by atoms with Crippen molar-refractivity contribution in [3.63, 3.8) is 0 Å². The molecule has 0 radical (unpaired) electrons. The molecule has 0 unspecified atom stereocenters. The second-order valence-corrected chi connectivity index (χ2v) is 7.26. The van der Waals surface area contributed by atoms with Crippen LogP contribution in [0.15, 0.2) is 53.0 Å². The van der Waals surface area contributed by atoms with Crippen LogP contribution < -0.4 is 10.1 Å². The third kappa shape index (κ3) is 5.03. The molecule has 3 aromatic rings. The molecule has 0 saturated heterocycles. The van der Waals surface area contributed by atoms with E-state index in [0.717, 1.165) is 10.2 Å². The number of nitrogens with one attached hydrogen (secondary N) is 1. The molecular weight excluding hydrogens is 436 g/mol. The van der Waals surface area contributed by atoms with Crippen LogP contribution in [0.5, 0.6) is 11.8 Å². The number of rotatable bonds is 6. The van der Waals surface area contributed by atoms with Gasteiger partial charge in [-0.05, 0) is 55.5 Å². The second-order valence-electron chi connectivity index (χ2n) is 5.41. The lowest BCUT2D eigenvalue weighted by molar-refractivity contribution is 0.402. The molecule has 26 heavy (non-hydrogen) atoms. The quantitative estimate of drug-likeness (QED) is 0.502. The first kappa shape index (κ1) is 18.8. The van der Waals surface area contributed by atoms with Crippen molar-refractivity contribution in [2.24, 2.45) is 0 Å². The predicted octanol–water partition coefficient (Wildman–Crippen LogP) is 5.49. The van der Waals surface area contributed by atoms with Gasteiger partial charge in [0.1, 0.15) is 5.75 Å². The van der Waals surface area contributed by atoms with Crippen LogP contribution in [0.2, 0.25) is 5.02 Å². The molecule has 3 rings (SSSR count). The monoisotopic (exact) mass is 450 g/mol. The van der Waals surface area contributed by atoms with Crippen molar-refractivity contribution in [3.8, 4) is 11.8 Å². The highest BCUT2D eigenvalue weighted by Crippen LogP contribution is 2.22. The molecule has 0 atom stereocenters. The Morgan fingerprint density at radius 3 is 2.54 bits per heavy atom. The molecule has 1 aromatic heterocycles. The number of hydrogen-bond donors (Lipinski definition) is 1. The zero-order valence-electron chi connectivity index (χ0n) is 13.9. The molecule has 1 heterocycles. The summed E-state index contributed by atoms with van der Waals surface area (Å²) in [6.45, 7) is 2.63. The summed E-state index contributed by atoms with van der Waals surface area (Å²) in [5, 5.41) is 8.30. The fourth-order valence-electron chi connectivity index (χ4n) is 2.22. The first-order valence-electron chi connectivity index (χ1n) is 7.96. The standard InChI is InChI=1S/C18H16BrClN4OS/c1-2-24-18(25-15-9-3-12(19)4-10-15)22-16(23-24)11-17(26)21-14-7-5-13(20)6-8-14/h3-10H,2,11H2,1H3,(H,21,26). The van der Waals surface area contributed by atoms with E-state index in [-0.39, 0.29) is 0 Å². The summed E-state index contributed by atoms with van der Waals surface area (Å²) >= 11 is 14.7. The SMILES string of the molecule is CCn1nc(CC(=S)Nc2ccc(Cl)cc2)nc1Oc1ccc(Br)cc1. The second kappa shape index (κ2) is 8.62. The van der Waals surface area contributed by atoms with Crippen molar-refractivity contribution in [1.29, 1.82) is 0 Å². The van der Waals surface area contributed by atoms with Gasteiger partial charge in [0.2, 0.25) is 0 Å². The Balaban J connectivity index is 1.68. The predicted molar refractivity (Wildman–Crippen MR) is 111 cm³/mol. The molecule has 1 N–H and O–H groups in total. The minimum Gasteiger partial charge on any atom is -0.424 e. The van der Waals surface area contributed by atoms with Crippen molar-refractivity contribution >= 4 is 50.4 Å². The molecule has 0 fully saturated rings. The maximum Gasteiger partial charge on any atom is 0.320 e. The van der Waals surface area contributed by atoms with Gasteiger partial charge in [-0.15, -0.1) is 0 Å². The number of thiocarbonyl (C=S) groups is 1. The maximum absolute atomic E-state index is 5.89. The first-order chi connectivity index (χ1) is 12.5. The first-order valence-corrected chi connectivity index (χ1v) is 9.54. The number of ether oxygens (including phenoxy) is 1. The largest absolute Gasteiger partial charge is 0.424 e. The van der Waals surface area contributed by atoms with Gasteiger partial charge in [0.15, 0.2) is 5.82 Å².